The van der Waals surface area contributed by atoms with Gasteiger partial charge in [-0.15, -0.1) is 0 Å². The predicted molar refractivity (Wildman–Crippen MR) is 111 cm³/mol. The van der Waals surface area contributed by atoms with Crippen molar-refractivity contribution in [1.29, 1.82) is 0 Å². The molecule has 1 aromatic heterocycles. The summed E-state index contributed by atoms with van der Waals surface area (Å²) in [4.78, 5) is 42.0. The van der Waals surface area contributed by atoms with Crippen LogP contribution < -0.4 is 5.32 Å². The molecule has 0 spiro atoms. The molecule has 1 aromatic carbocycles. The lowest BCUT2D eigenvalue weighted by molar-refractivity contribution is -0.132. The summed E-state index contributed by atoms with van der Waals surface area (Å²) in [6.07, 6.45) is 3.10. The molecule has 1 atom stereocenters. The first kappa shape index (κ1) is 20.1. The number of fused-ring (bicyclic) bond motifs is 1. The largest absolute Gasteiger partial charge is 0.350 e. The second-order valence-corrected chi connectivity index (χ2v) is 8.23. The normalized spacial score (nSPS) is 21.3. The zero-order chi connectivity index (χ0) is 21.3. The summed E-state index contributed by atoms with van der Waals surface area (Å²) in [5.41, 5.74) is 0.485. The van der Waals surface area contributed by atoms with Crippen molar-refractivity contribution < 1.29 is 14.4 Å². The first-order valence-corrected chi connectivity index (χ1v) is 10.4. The molecule has 8 heteroatoms. The quantitative estimate of drug-likeness (QED) is 0.832. The van der Waals surface area contributed by atoms with Crippen LogP contribution in [0.2, 0.25) is 0 Å². The Labute approximate surface area is 175 Å². The number of carbonyl (C=O) groups excluding carboxylic acids is 3. The van der Waals surface area contributed by atoms with Crippen molar-refractivity contribution in [3.63, 3.8) is 0 Å². The van der Waals surface area contributed by atoms with Crippen molar-refractivity contribution in [2.24, 2.45) is 0 Å². The Bertz CT molecular complexity index is 964. The molecular weight excluding hydrogens is 382 g/mol. The van der Waals surface area contributed by atoms with Gasteiger partial charge in [0.25, 0.3) is 11.8 Å². The van der Waals surface area contributed by atoms with Crippen LogP contribution in [0.3, 0.4) is 0 Å². The molecule has 4 rings (SSSR count). The van der Waals surface area contributed by atoms with E-state index in [1.807, 2.05) is 30.3 Å². The van der Waals surface area contributed by atoms with Gasteiger partial charge in [0, 0.05) is 32.7 Å². The van der Waals surface area contributed by atoms with E-state index in [0.29, 0.717) is 25.3 Å². The lowest BCUT2D eigenvalue weighted by Crippen LogP contribution is -2.62. The number of likely N-dealkylation sites (N-methyl/N-ethyl adjacent to an activating group) is 1. The van der Waals surface area contributed by atoms with Crippen molar-refractivity contribution >= 4 is 17.7 Å². The van der Waals surface area contributed by atoms with E-state index in [-0.39, 0.29) is 30.0 Å². The number of hydrogen-bond acceptors (Lipinski definition) is 4. The highest BCUT2D eigenvalue weighted by atomic mass is 16.2. The van der Waals surface area contributed by atoms with Gasteiger partial charge in [-0.25, -0.2) is 0 Å². The molecule has 2 aliphatic heterocycles. The smallest absolute Gasteiger partial charge is 0.274 e. The van der Waals surface area contributed by atoms with Gasteiger partial charge in [-0.2, -0.15) is 5.10 Å². The molecule has 3 heterocycles. The molecule has 1 N–H and O–H groups in total. The fourth-order valence-corrected chi connectivity index (χ4v) is 4.06. The second-order valence-electron chi connectivity index (χ2n) is 8.23. The van der Waals surface area contributed by atoms with Crippen LogP contribution in [0.5, 0.6) is 0 Å². The molecule has 8 nitrogen and oxygen atoms in total. The SMILES string of the molecule is CN1C(=O)c2cc(C(=O)N3CCCCC3)nn2C[C@]1(C)C(=O)NCc1ccccc1. The standard InChI is InChI=1S/C22H27N5O3/c1-22(21(30)23-14-16-9-5-3-6-10-16)15-27-18(20(29)25(22)2)13-17(24-27)19(28)26-11-7-4-8-12-26/h3,5-6,9-10,13H,4,7-8,11-12,14-15H2,1-2H3,(H,23,30)/t22-/m1/s1. The maximum absolute atomic E-state index is 13.0. The number of piperidine rings is 1. The molecular formula is C22H27N5O3. The lowest BCUT2D eigenvalue weighted by atomic mass is 9.96. The maximum Gasteiger partial charge on any atom is 0.274 e. The Kier molecular flexibility index (Phi) is 5.32. The average Bonchev–Trinajstić information content (AvgIpc) is 3.20. The summed E-state index contributed by atoms with van der Waals surface area (Å²) in [6, 6.07) is 11.2. The van der Waals surface area contributed by atoms with E-state index in [2.05, 4.69) is 10.4 Å². The van der Waals surface area contributed by atoms with Crippen LogP contribution in [0.1, 0.15) is 52.7 Å². The van der Waals surface area contributed by atoms with E-state index in [9.17, 15) is 14.4 Å². The molecule has 0 radical (unpaired) electrons. The molecule has 1 fully saturated rings. The van der Waals surface area contributed by atoms with Crippen LogP contribution in [0.25, 0.3) is 0 Å². The van der Waals surface area contributed by atoms with Gasteiger partial charge < -0.3 is 15.1 Å². The number of aromatic nitrogens is 2. The molecule has 3 amide bonds. The van der Waals surface area contributed by atoms with E-state index in [4.69, 9.17) is 0 Å². The minimum atomic E-state index is -1.10. The third-order valence-corrected chi connectivity index (χ3v) is 6.15. The van der Waals surface area contributed by atoms with Crippen molar-refractivity contribution in [3.8, 4) is 0 Å². The van der Waals surface area contributed by atoms with Gasteiger partial charge in [-0.1, -0.05) is 30.3 Å². The third-order valence-electron chi connectivity index (χ3n) is 6.15. The fourth-order valence-electron chi connectivity index (χ4n) is 4.06. The molecule has 30 heavy (non-hydrogen) atoms. The topological polar surface area (TPSA) is 87.5 Å². The number of likely N-dealkylation sites (tertiary alicyclic amines) is 1. The number of nitrogens with one attached hydrogen (secondary N) is 1. The van der Waals surface area contributed by atoms with Gasteiger partial charge in [0.1, 0.15) is 11.2 Å². The first-order chi connectivity index (χ1) is 14.4. The summed E-state index contributed by atoms with van der Waals surface area (Å²) in [7, 11) is 1.62. The van der Waals surface area contributed by atoms with E-state index in [1.54, 1.807) is 24.9 Å². The summed E-state index contributed by atoms with van der Waals surface area (Å²) in [5, 5.41) is 7.33. The Hall–Kier alpha value is -3.16. The second kappa shape index (κ2) is 7.93. The minimum absolute atomic E-state index is 0.151. The molecule has 2 aliphatic rings. The van der Waals surface area contributed by atoms with Crippen LogP contribution in [0, 0.1) is 0 Å². The van der Waals surface area contributed by atoms with Crippen molar-refractivity contribution in [2.75, 3.05) is 20.1 Å². The van der Waals surface area contributed by atoms with E-state index in [1.165, 1.54) is 9.58 Å². The monoisotopic (exact) mass is 409 g/mol. The lowest BCUT2D eigenvalue weighted by Gasteiger charge is -2.40. The fraction of sp³-hybridized carbons (Fsp3) is 0.455. The van der Waals surface area contributed by atoms with E-state index >= 15 is 0 Å². The molecule has 0 unspecified atom stereocenters. The Morgan fingerprint density at radius 3 is 2.53 bits per heavy atom. The number of hydrogen-bond donors (Lipinski definition) is 1. The van der Waals surface area contributed by atoms with Crippen molar-refractivity contribution in [1.82, 2.24) is 24.9 Å². The predicted octanol–water partition coefficient (Wildman–Crippen LogP) is 1.67. The van der Waals surface area contributed by atoms with E-state index < -0.39 is 5.54 Å². The van der Waals surface area contributed by atoms with E-state index in [0.717, 1.165) is 24.8 Å². The number of carbonyl (C=O) groups is 3. The molecule has 2 aromatic rings. The molecule has 0 bridgehead atoms. The summed E-state index contributed by atoms with van der Waals surface area (Å²) >= 11 is 0. The van der Waals surface area contributed by atoms with Gasteiger partial charge in [-0.05, 0) is 31.7 Å². The number of nitrogens with zero attached hydrogens (tertiary/aromatic N) is 4. The Balaban J connectivity index is 1.53. The minimum Gasteiger partial charge on any atom is -0.350 e. The van der Waals surface area contributed by atoms with Gasteiger partial charge in [0.2, 0.25) is 5.91 Å². The van der Waals surface area contributed by atoms with Crippen LogP contribution in [0.15, 0.2) is 36.4 Å². The third kappa shape index (κ3) is 3.58. The summed E-state index contributed by atoms with van der Waals surface area (Å²) in [5.74, 6) is -0.724. The molecule has 0 aliphatic carbocycles. The molecule has 1 saturated heterocycles. The van der Waals surface area contributed by atoms with Crippen molar-refractivity contribution in [2.45, 2.75) is 44.8 Å². The van der Waals surface area contributed by atoms with Crippen molar-refractivity contribution in [3.05, 3.63) is 53.3 Å². The zero-order valence-corrected chi connectivity index (χ0v) is 17.4. The van der Waals surface area contributed by atoms with Gasteiger partial charge in [0.05, 0.1) is 6.54 Å². The highest BCUT2D eigenvalue weighted by molar-refractivity contribution is 6.01. The summed E-state index contributed by atoms with van der Waals surface area (Å²) in [6.45, 7) is 3.73. The number of rotatable bonds is 4. The Morgan fingerprint density at radius 2 is 1.83 bits per heavy atom. The van der Waals surface area contributed by atoms with Gasteiger partial charge in [0.15, 0.2) is 5.69 Å². The first-order valence-electron chi connectivity index (χ1n) is 10.4. The summed E-state index contributed by atoms with van der Waals surface area (Å²) < 4.78 is 1.50. The zero-order valence-electron chi connectivity index (χ0n) is 17.4. The van der Waals surface area contributed by atoms with Crippen LogP contribution in [0.4, 0.5) is 0 Å². The molecule has 158 valence electrons. The maximum atomic E-state index is 13.0. The highest BCUT2D eigenvalue weighted by Gasteiger charge is 2.46. The number of amides is 3. The van der Waals surface area contributed by atoms with Crippen LogP contribution >= 0.6 is 0 Å². The van der Waals surface area contributed by atoms with Gasteiger partial charge >= 0.3 is 0 Å². The average molecular weight is 409 g/mol. The van der Waals surface area contributed by atoms with Crippen LogP contribution in [-0.4, -0.2) is 63.0 Å². The van der Waals surface area contributed by atoms with Crippen LogP contribution in [-0.2, 0) is 17.9 Å². The highest BCUT2D eigenvalue weighted by Crippen LogP contribution is 2.26. The number of benzene rings is 1. The Morgan fingerprint density at radius 1 is 1.13 bits per heavy atom. The molecule has 0 saturated carbocycles. The van der Waals surface area contributed by atoms with Gasteiger partial charge in [-0.3, -0.25) is 19.1 Å².